The van der Waals surface area contributed by atoms with Crippen LogP contribution in [0.3, 0.4) is 0 Å². The van der Waals surface area contributed by atoms with Gasteiger partial charge in [0.15, 0.2) is 5.82 Å². The Morgan fingerprint density at radius 3 is 3.00 bits per heavy atom. The zero-order valence-electron chi connectivity index (χ0n) is 8.52. The minimum absolute atomic E-state index is 0.496. The Hall–Kier alpha value is -1.34. The van der Waals surface area contributed by atoms with Gasteiger partial charge in [0.2, 0.25) is 0 Å². The van der Waals surface area contributed by atoms with E-state index in [4.69, 9.17) is 4.52 Å². The maximum absolute atomic E-state index is 5.12. The van der Waals surface area contributed by atoms with E-state index in [0.29, 0.717) is 18.3 Å². The minimum atomic E-state index is 0.496. The van der Waals surface area contributed by atoms with Crippen LogP contribution in [-0.2, 0) is 6.54 Å². The van der Waals surface area contributed by atoms with Gasteiger partial charge in [0, 0.05) is 0 Å². The molecule has 2 heterocycles. The highest BCUT2D eigenvalue weighted by Gasteiger charge is 2.13. The fourth-order valence-electron chi connectivity index (χ4n) is 1.08. The lowest BCUT2D eigenvalue weighted by Gasteiger charge is -1.92. The monoisotopic (exact) mass is 225 g/mol. The lowest BCUT2D eigenvalue weighted by Crippen LogP contribution is -2.12. The van der Waals surface area contributed by atoms with Crippen LogP contribution in [0.25, 0.3) is 10.8 Å². The van der Waals surface area contributed by atoms with Crippen molar-refractivity contribution in [3.8, 4) is 10.8 Å². The molecular formula is C8H11N5OS. The molecule has 80 valence electrons. The van der Waals surface area contributed by atoms with E-state index in [2.05, 4.69) is 25.0 Å². The van der Waals surface area contributed by atoms with E-state index in [-0.39, 0.29) is 0 Å². The second kappa shape index (κ2) is 4.45. The van der Waals surface area contributed by atoms with Gasteiger partial charge in [-0.25, -0.2) is 0 Å². The standard InChI is InChI=1S/C8H11N5OS/c1-3-9-4-6-10-8(14-12-6)7-5(2)11-13-15-7/h9H,3-4H2,1-2H3. The molecule has 0 bridgehead atoms. The molecule has 6 nitrogen and oxygen atoms in total. The molecule has 1 N–H and O–H groups in total. The summed E-state index contributed by atoms with van der Waals surface area (Å²) in [5, 5.41) is 10.9. The van der Waals surface area contributed by atoms with Crippen LogP contribution in [-0.4, -0.2) is 26.3 Å². The SMILES string of the molecule is CCNCc1noc(-c2snnc2C)n1. The van der Waals surface area contributed by atoms with E-state index in [0.717, 1.165) is 17.1 Å². The van der Waals surface area contributed by atoms with E-state index in [1.165, 1.54) is 11.5 Å². The first-order chi connectivity index (χ1) is 7.31. The molecule has 7 heteroatoms. The molecule has 0 aliphatic rings. The first-order valence-electron chi connectivity index (χ1n) is 4.64. The molecule has 0 fully saturated rings. The molecule has 2 rings (SSSR count). The summed E-state index contributed by atoms with van der Waals surface area (Å²) in [6.07, 6.45) is 0. The van der Waals surface area contributed by atoms with Gasteiger partial charge in [-0.15, -0.1) is 5.10 Å². The molecule has 0 atom stereocenters. The number of nitrogens with one attached hydrogen (secondary N) is 1. The van der Waals surface area contributed by atoms with Gasteiger partial charge in [0.25, 0.3) is 5.89 Å². The third-order valence-electron chi connectivity index (χ3n) is 1.85. The van der Waals surface area contributed by atoms with Crippen LogP contribution >= 0.6 is 11.5 Å². The fourth-order valence-corrected chi connectivity index (χ4v) is 1.66. The van der Waals surface area contributed by atoms with Gasteiger partial charge in [-0.3, -0.25) is 0 Å². The maximum Gasteiger partial charge on any atom is 0.271 e. The second-order valence-electron chi connectivity index (χ2n) is 2.98. The third kappa shape index (κ3) is 2.18. The van der Waals surface area contributed by atoms with Crippen LogP contribution in [0.4, 0.5) is 0 Å². The fraction of sp³-hybridized carbons (Fsp3) is 0.500. The number of hydrogen-bond acceptors (Lipinski definition) is 7. The summed E-state index contributed by atoms with van der Waals surface area (Å²) in [7, 11) is 0. The van der Waals surface area contributed by atoms with Gasteiger partial charge in [0.1, 0.15) is 4.88 Å². The molecule has 0 unspecified atom stereocenters. The van der Waals surface area contributed by atoms with Crippen LogP contribution in [0.2, 0.25) is 0 Å². The summed E-state index contributed by atoms with van der Waals surface area (Å²) in [5.41, 5.74) is 0.818. The van der Waals surface area contributed by atoms with Crippen LogP contribution in [0, 0.1) is 6.92 Å². The molecule has 0 aromatic carbocycles. The van der Waals surface area contributed by atoms with Gasteiger partial charge >= 0.3 is 0 Å². The van der Waals surface area contributed by atoms with Crippen molar-refractivity contribution in [1.82, 2.24) is 25.0 Å². The number of nitrogens with zero attached hydrogens (tertiary/aromatic N) is 4. The van der Waals surface area contributed by atoms with Crippen molar-refractivity contribution >= 4 is 11.5 Å². The van der Waals surface area contributed by atoms with Crippen molar-refractivity contribution in [2.24, 2.45) is 0 Å². The summed E-state index contributed by atoms with van der Waals surface area (Å²) in [6.45, 7) is 5.39. The zero-order valence-corrected chi connectivity index (χ0v) is 9.34. The minimum Gasteiger partial charge on any atom is -0.333 e. The molecule has 15 heavy (non-hydrogen) atoms. The molecule has 0 spiro atoms. The molecule has 2 aromatic heterocycles. The van der Waals surface area contributed by atoms with Gasteiger partial charge in [-0.05, 0) is 25.0 Å². The van der Waals surface area contributed by atoms with E-state index in [1.807, 2.05) is 13.8 Å². The summed E-state index contributed by atoms with van der Waals surface area (Å²) in [4.78, 5) is 5.08. The van der Waals surface area contributed by atoms with Gasteiger partial charge < -0.3 is 9.84 Å². The predicted molar refractivity (Wildman–Crippen MR) is 55.3 cm³/mol. The second-order valence-corrected chi connectivity index (χ2v) is 3.74. The Morgan fingerprint density at radius 1 is 1.47 bits per heavy atom. The number of hydrogen-bond donors (Lipinski definition) is 1. The Balaban J connectivity index is 2.17. The van der Waals surface area contributed by atoms with Crippen molar-refractivity contribution in [1.29, 1.82) is 0 Å². The molecular weight excluding hydrogens is 214 g/mol. The lowest BCUT2D eigenvalue weighted by molar-refractivity contribution is 0.420. The largest absolute Gasteiger partial charge is 0.333 e. The molecule has 0 saturated carbocycles. The number of aromatic nitrogens is 4. The number of aryl methyl sites for hydroxylation is 1. The van der Waals surface area contributed by atoms with Crippen molar-refractivity contribution in [2.75, 3.05) is 6.54 Å². The average molecular weight is 225 g/mol. The summed E-state index contributed by atoms with van der Waals surface area (Å²) in [5.74, 6) is 1.15. The topological polar surface area (TPSA) is 76.7 Å². The Morgan fingerprint density at radius 2 is 2.33 bits per heavy atom. The van der Waals surface area contributed by atoms with Crippen LogP contribution in [0.15, 0.2) is 4.52 Å². The van der Waals surface area contributed by atoms with Gasteiger partial charge in [-0.2, -0.15) is 4.98 Å². The first kappa shape index (κ1) is 10.2. The van der Waals surface area contributed by atoms with E-state index < -0.39 is 0 Å². The Bertz CT molecular complexity index is 438. The van der Waals surface area contributed by atoms with Gasteiger partial charge in [0.05, 0.1) is 12.2 Å². The Kier molecular flexibility index (Phi) is 3.02. The smallest absolute Gasteiger partial charge is 0.271 e. The predicted octanol–water partition coefficient (Wildman–Crippen LogP) is 1.01. The average Bonchev–Trinajstić information content (AvgIpc) is 2.83. The van der Waals surface area contributed by atoms with E-state index in [1.54, 1.807) is 0 Å². The van der Waals surface area contributed by atoms with Gasteiger partial charge in [-0.1, -0.05) is 16.6 Å². The molecule has 0 radical (unpaired) electrons. The van der Waals surface area contributed by atoms with Crippen molar-refractivity contribution < 1.29 is 4.52 Å². The summed E-state index contributed by atoms with van der Waals surface area (Å²) in [6, 6.07) is 0. The first-order valence-corrected chi connectivity index (χ1v) is 5.41. The Labute approximate surface area is 90.9 Å². The molecule has 0 aliphatic heterocycles. The highest BCUT2D eigenvalue weighted by atomic mass is 32.1. The van der Waals surface area contributed by atoms with Crippen LogP contribution in [0.5, 0.6) is 0 Å². The lowest BCUT2D eigenvalue weighted by atomic mass is 10.4. The van der Waals surface area contributed by atoms with Crippen LogP contribution in [0.1, 0.15) is 18.4 Å². The molecule has 0 aliphatic carbocycles. The quantitative estimate of drug-likeness (QED) is 0.836. The molecule has 0 saturated heterocycles. The normalized spacial score (nSPS) is 10.8. The highest BCUT2D eigenvalue weighted by Crippen LogP contribution is 2.23. The third-order valence-corrected chi connectivity index (χ3v) is 2.66. The number of rotatable bonds is 4. The zero-order chi connectivity index (χ0) is 10.7. The summed E-state index contributed by atoms with van der Waals surface area (Å²) < 4.78 is 8.93. The van der Waals surface area contributed by atoms with Crippen molar-refractivity contribution in [2.45, 2.75) is 20.4 Å². The van der Waals surface area contributed by atoms with Crippen molar-refractivity contribution in [3.05, 3.63) is 11.5 Å². The van der Waals surface area contributed by atoms with Crippen LogP contribution < -0.4 is 5.32 Å². The molecule has 0 amide bonds. The maximum atomic E-state index is 5.12. The van der Waals surface area contributed by atoms with E-state index in [9.17, 15) is 0 Å². The summed E-state index contributed by atoms with van der Waals surface area (Å²) >= 11 is 1.26. The van der Waals surface area contributed by atoms with Crippen molar-refractivity contribution in [3.63, 3.8) is 0 Å². The molecule has 2 aromatic rings. The van der Waals surface area contributed by atoms with E-state index >= 15 is 0 Å². The highest BCUT2D eigenvalue weighted by molar-refractivity contribution is 7.09.